The minimum absolute atomic E-state index is 0.188. The molecule has 0 saturated heterocycles. The zero-order valence-corrected chi connectivity index (χ0v) is 16.6. The maximum absolute atomic E-state index is 11.9. The van der Waals surface area contributed by atoms with E-state index in [1.54, 1.807) is 24.4 Å². The Labute approximate surface area is 164 Å². The van der Waals surface area contributed by atoms with Crippen LogP contribution < -0.4 is 5.56 Å². The second-order valence-corrected chi connectivity index (χ2v) is 7.56. The molecule has 3 N–H and O–H groups in total. The minimum Gasteiger partial charge on any atom is -0.508 e. The highest BCUT2D eigenvalue weighted by Gasteiger charge is 2.10. The highest BCUT2D eigenvalue weighted by atomic mass is 127. The predicted octanol–water partition coefficient (Wildman–Crippen LogP) is 3.77. The first kappa shape index (κ1) is 17.2. The number of nitrogens with one attached hydrogen (secondary N) is 1. The number of phenolic OH excluding ortho intramolecular Hbond substituents is 1. The van der Waals surface area contributed by atoms with E-state index in [2.05, 4.69) is 55.2 Å². The summed E-state index contributed by atoms with van der Waals surface area (Å²) in [6, 6.07) is 10.5. The standard InChI is InChI=1S/C17H12I2N2O3/c18-10-1-3-12-13(6-10)14(17(24)21-16(12)23)8-20-7-9-5-11(22)2-4-15(9)19/h1-6,8,22H,7H2,(H2,21,23,24). The number of aromatic hydroxyl groups is 2. The van der Waals surface area contributed by atoms with Crippen molar-refractivity contribution in [3.63, 3.8) is 0 Å². The second-order valence-electron chi connectivity index (χ2n) is 5.15. The lowest BCUT2D eigenvalue weighted by atomic mass is 10.1. The highest BCUT2D eigenvalue weighted by Crippen LogP contribution is 2.23. The summed E-state index contributed by atoms with van der Waals surface area (Å²) in [5.41, 5.74) is 1.02. The number of aromatic amines is 1. The Hall–Kier alpha value is -1.62. The Kier molecular flexibility index (Phi) is 5.09. The van der Waals surface area contributed by atoms with Crippen molar-refractivity contribution >= 4 is 62.2 Å². The van der Waals surface area contributed by atoms with Gasteiger partial charge in [-0.2, -0.15) is 0 Å². The van der Waals surface area contributed by atoms with Crippen molar-refractivity contribution in [3.05, 3.63) is 65.0 Å². The number of nitrogens with zero attached hydrogens (tertiary/aromatic N) is 1. The van der Waals surface area contributed by atoms with Gasteiger partial charge in [-0.3, -0.25) is 14.8 Å². The second kappa shape index (κ2) is 7.09. The quantitative estimate of drug-likeness (QED) is 0.346. The van der Waals surface area contributed by atoms with Gasteiger partial charge in [0.15, 0.2) is 0 Å². The van der Waals surface area contributed by atoms with Crippen LogP contribution in [0.15, 0.2) is 46.2 Å². The highest BCUT2D eigenvalue weighted by molar-refractivity contribution is 14.1. The Bertz CT molecular complexity index is 1010. The fourth-order valence-corrected chi connectivity index (χ4v) is 3.35. The number of H-pyrrole nitrogens is 1. The molecule has 0 amide bonds. The van der Waals surface area contributed by atoms with Crippen LogP contribution in [0.3, 0.4) is 0 Å². The van der Waals surface area contributed by atoms with E-state index in [0.29, 0.717) is 22.9 Å². The number of fused-ring (bicyclic) bond motifs is 1. The topological polar surface area (TPSA) is 85.7 Å². The molecule has 3 rings (SSSR count). The van der Waals surface area contributed by atoms with Crippen molar-refractivity contribution in [2.24, 2.45) is 4.99 Å². The molecule has 1 aromatic heterocycles. The van der Waals surface area contributed by atoms with Crippen molar-refractivity contribution in [2.75, 3.05) is 0 Å². The van der Waals surface area contributed by atoms with Gasteiger partial charge >= 0.3 is 0 Å². The minimum atomic E-state index is -0.335. The molecule has 0 fully saturated rings. The number of rotatable bonds is 3. The van der Waals surface area contributed by atoms with Gasteiger partial charge in [0.25, 0.3) is 5.56 Å². The monoisotopic (exact) mass is 546 g/mol. The van der Waals surface area contributed by atoms with E-state index in [-0.39, 0.29) is 17.2 Å². The lowest BCUT2D eigenvalue weighted by molar-refractivity contribution is 0.452. The van der Waals surface area contributed by atoms with Crippen molar-refractivity contribution < 1.29 is 10.2 Å². The average Bonchev–Trinajstić information content (AvgIpc) is 2.53. The van der Waals surface area contributed by atoms with E-state index in [0.717, 1.165) is 12.7 Å². The zero-order valence-electron chi connectivity index (χ0n) is 12.3. The van der Waals surface area contributed by atoms with Crippen molar-refractivity contribution in [2.45, 2.75) is 6.54 Å². The number of aliphatic imine (C=N–C) groups is 1. The van der Waals surface area contributed by atoms with Crippen LogP contribution in [0.4, 0.5) is 0 Å². The van der Waals surface area contributed by atoms with Gasteiger partial charge in [-0.15, -0.1) is 0 Å². The summed E-state index contributed by atoms with van der Waals surface area (Å²) in [5.74, 6) is -0.0173. The Balaban J connectivity index is 2.02. The fraction of sp³-hybridized carbons (Fsp3) is 0.0588. The lowest BCUT2D eigenvalue weighted by Crippen LogP contribution is -2.08. The van der Waals surface area contributed by atoms with Crippen LogP contribution in [-0.2, 0) is 6.54 Å². The number of hydrogen-bond donors (Lipinski definition) is 3. The van der Waals surface area contributed by atoms with Gasteiger partial charge in [-0.1, -0.05) is 0 Å². The summed E-state index contributed by atoms with van der Waals surface area (Å²) in [6.07, 6.45) is 1.55. The summed E-state index contributed by atoms with van der Waals surface area (Å²) in [5, 5.41) is 20.8. The maximum Gasteiger partial charge on any atom is 0.258 e. The van der Waals surface area contributed by atoms with Gasteiger partial charge in [0.05, 0.1) is 12.1 Å². The molecule has 0 radical (unpaired) electrons. The molecule has 0 unspecified atom stereocenters. The number of benzene rings is 2. The number of hydrogen-bond acceptors (Lipinski definition) is 4. The van der Waals surface area contributed by atoms with Crippen LogP contribution in [0.5, 0.6) is 11.6 Å². The Morgan fingerprint density at radius 2 is 1.88 bits per heavy atom. The molecular formula is C17H12I2N2O3. The first-order valence-electron chi connectivity index (χ1n) is 6.97. The summed E-state index contributed by atoms with van der Waals surface area (Å²) in [6.45, 7) is 0.358. The van der Waals surface area contributed by atoms with Crippen LogP contribution in [-0.4, -0.2) is 21.4 Å². The largest absolute Gasteiger partial charge is 0.508 e. The average molecular weight is 546 g/mol. The van der Waals surface area contributed by atoms with E-state index >= 15 is 0 Å². The van der Waals surface area contributed by atoms with Gasteiger partial charge in [-0.05, 0) is 87.1 Å². The summed E-state index contributed by atoms with van der Waals surface area (Å²) < 4.78 is 1.95. The fourth-order valence-electron chi connectivity index (χ4n) is 2.36. The van der Waals surface area contributed by atoms with E-state index in [1.165, 1.54) is 0 Å². The molecule has 7 heteroatoms. The molecule has 3 aromatic rings. The molecule has 0 aliphatic heterocycles. The van der Waals surface area contributed by atoms with Crippen molar-refractivity contribution in [3.8, 4) is 11.6 Å². The molecule has 0 saturated carbocycles. The van der Waals surface area contributed by atoms with E-state index < -0.39 is 0 Å². The predicted molar refractivity (Wildman–Crippen MR) is 111 cm³/mol. The van der Waals surface area contributed by atoms with E-state index in [9.17, 15) is 15.0 Å². The number of phenols is 1. The summed E-state index contributed by atoms with van der Waals surface area (Å²) >= 11 is 4.33. The molecule has 122 valence electrons. The van der Waals surface area contributed by atoms with Gasteiger partial charge < -0.3 is 10.2 Å². The third-order valence-corrected chi connectivity index (χ3v) is 5.24. The smallest absolute Gasteiger partial charge is 0.258 e. The van der Waals surface area contributed by atoms with Crippen LogP contribution in [0.1, 0.15) is 11.1 Å². The first-order valence-corrected chi connectivity index (χ1v) is 9.13. The summed E-state index contributed by atoms with van der Waals surface area (Å²) in [7, 11) is 0. The number of halogens is 2. The molecule has 2 aromatic carbocycles. The van der Waals surface area contributed by atoms with Gasteiger partial charge in [0, 0.05) is 24.1 Å². The van der Waals surface area contributed by atoms with Crippen LogP contribution >= 0.6 is 45.2 Å². The molecule has 5 nitrogen and oxygen atoms in total. The molecule has 0 bridgehead atoms. The Morgan fingerprint density at radius 3 is 2.67 bits per heavy atom. The zero-order chi connectivity index (χ0) is 17.3. The number of pyridine rings is 1. The molecule has 0 aliphatic rings. The van der Waals surface area contributed by atoms with Crippen LogP contribution in [0.25, 0.3) is 10.8 Å². The SMILES string of the molecule is O=c1[nH]c(O)c(C=NCc2cc(O)ccc2I)c2cc(I)ccc12. The van der Waals surface area contributed by atoms with Crippen LogP contribution in [0.2, 0.25) is 0 Å². The van der Waals surface area contributed by atoms with Crippen molar-refractivity contribution in [1.82, 2.24) is 4.98 Å². The van der Waals surface area contributed by atoms with Gasteiger partial charge in [0.2, 0.25) is 5.88 Å². The summed E-state index contributed by atoms with van der Waals surface area (Å²) in [4.78, 5) is 18.7. The maximum atomic E-state index is 11.9. The normalized spacial score (nSPS) is 11.4. The molecule has 0 atom stereocenters. The lowest BCUT2D eigenvalue weighted by Gasteiger charge is -2.06. The van der Waals surface area contributed by atoms with Crippen LogP contribution in [0, 0.1) is 7.14 Å². The number of aromatic nitrogens is 1. The third kappa shape index (κ3) is 3.56. The molecule has 0 aliphatic carbocycles. The first-order chi connectivity index (χ1) is 11.5. The molecule has 24 heavy (non-hydrogen) atoms. The third-order valence-electron chi connectivity index (χ3n) is 3.51. The molecule has 0 spiro atoms. The van der Waals surface area contributed by atoms with Gasteiger partial charge in [-0.25, -0.2) is 0 Å². The van der Waals surface area contributed by atoms with E-state index in [1.807, 2.05) is 18.2 Å². The van der Waals surface area contributed by atoms with Crippen molar-refractivity contribution in [1.29, 1.82) is 0 Å². The van der Waals surface area contributed by atoms with Gasteiger partial charge in [0.1, 0.15) is 5.75 Å². The Morgan fingerprint density at radius 1 is 1.08 bits per heavy atom. The molecular weight excluding hydrogens is 534 g/mol. The van der Waals surface area contributed by atoms with E-state index in [4.69, 9.17) is 0 Å². The molecule has 1 heterocycles.